The average molecular weight is 306 g/mol. The smallest absolute Gasteiger partial charge is 0.294 e. The maximum atomic E-state index is 11.1. The predicted molar refractivity (Wildman–Crippen MR) is 74.2 cm³/mol. The summed E-state index contributed by atoms with van der Waals surface area (Å²) >= 11 is 5.81. The third-order valence-corrected chi connectivity index (χ3v) is 2.76. The number of nitrogens with one attached hydrogen (secondary N) is 2. The fourth-order valence-electron chi connectivity index (χ4n) is 1.62. The van der Waals surface area contributed by atoms with Crippen LogP contribution in [0.2, 0.25) is 5.02 Å². The van der Waals surface area contributed by atoms with E-state index in [1.54, 1.807) is 13.0 Å². The number of hydrogen-bond donors (Lipinski definition) is 2. The Hall–Kier alpha value is -2.99. The molecule has 0 radical (unpaired) electrons. The Bertz CT molecular complexity index is 749. The van der Waals surface area contributed by atoms with Crippen molar-refractivity contribution < 1.29 is 4.92 Å². The number of anilines is 1. The number of rotatable bonds is 4. The minimum absolute atomic E-state index is 0.0763. The second kappa shape index (κ2) is 5.98. The zero-order valence-corrected chi connectivity index (χ0v) is 11.4. The van der Waals surface area contributed by atoms with Crippen molar-refractivity contribution in [2.24, 2.45) is 0 Å². The van der Waals surface area contributed by atoms with Crippen LogP contribution >= 0.6 is 11.6 Å². The SMILES string of the molecule is Cc1cc(Cl)cc([N+](=O)[O-])c1NC=C(C#N)c1nn[nH]n1. The van der Waals surface area contributed by atoms with Crippen LogP contribution in [0, 0.1) is 28.4 Å². The molecule has 0 saturated heterocycles. The topological polar surface area (TPSA) is 133 Å². The molecule has 10 heteroatoms. The molecule has 0 amide bonds. The van der Waals surface area contributed by atoms with Gasteiger partial charge in [-0.1, -0.05) is 11.6 Å². The number of aryl methyl sites for hydroxylation is 1. The minimum atomic E-state index is -0.560. The molecule has 106 valence electrons. The molecule has 9 nitrogen and oxygen atoms in total. The third-order valence-electron chi connectivity index (χ3n) is 2.54. The van der Waals surface area contributed by atoms with Gasteiger partial charge in [-0.25, -0.2) is 0 Å². The number of nitrogens with zero attached hydrogens (tertiary/aromatic N) is 5. The van der Waals surface area contributed by atoms with Crippen LogP contribution in [0.1, 0.15) is 11.4 Å². The second-order valence-corrected chi connectivity index (χ2v) is 4.36. The van der Waals surface area contributed by atoms with Gasteiger partial charge in [-0.3, -0.25) is 10.1 Å². The Morgan fingerprint density at radius 3 is 2.95 bits per heavy atom. The highest BCUT2D eigenvalue weighted by molar-refractivity contribution is 6.31. The first-order chi connectivity index (χ1) is 10.0. The van der Waals surface area contributed by atoms with Gasteiger partial charge in [0.25, 0.3) is 5.69 Å². The number of allylic oxidation sites excluding steroid dienone is 1. The fourth-order valence-corrected chi connectivity index (χ4v) is 1.89. The van der Waals surface area contributed by atoms with E-state index in [2.05, 4.69) is 25.9 Å². The number of nitriles is 1. The molecule has 0 saturated carbocycles. The van der Waals surface area contributed by atoms with Crippen molar-refractivity contribution in [1.29, 1.82) is 5.26 Å². The Balaban J connectivity index is 2.40. The van der Waals surface area contributed by atoms with Crippen molar-refractivity contribution in [2.75, 3.05) is 5.32 Å². The molecule has 2 rings (SSSR count). The van der Waals surface area contributed by atoms with E-state index in [9.17, 15) is 10.1 Å². The molecule has 0 aliphatic heterocycles. The quantitative estimate of drug-likeness (QED) is 0.501. The van der Waals surface area contributed by atoms with Crippen molar-refractivity contribution in [3.8, 4) is 6.07 Å². The lowest BCUT2D eigenvalue weighted by Crippen LogP contribution is -2.00. The molecule has 0 aliphatic carbocycles. The Kier molecular flexibility index (Phi) is 4.10. The average Bonchev–Trinajstić information content (AvgIpc) is 2.94. The van der Waals surface area contributed by atoms with Crippen LogP contribution in [-0.2, 0) is 0 Å². The lowest BCUT2D eigenvalue weighted by molar-refractivity contribution is -0.383. The molecule has 1 aromatic carbocycles. The first kappa shape index (κ1) is 14.4. The summed E-state index contributed by atoms with van der Waals surface area (Å²) < 4.78 is 0. The summed E-state index contributed by atoms with van der Waals surface area (Å²) in [5.74, 6) is 0.0827. The third kappa shape index (κ3) is 3.13. The van der Waals surface area contributed by atoms with E-state index in [1.807, 2.05) is 6.07 Å². The van der Waals surface area contributed by atoms with E-state index >= 15 is 0 Å². The number of H-pyrrole nitrogens is 1. The second-order valence-electron chi connectivity index (χ2n) is 3.92. The Labute approximate surface area is 123 Å². The van der Waals surface area contributed by atoms with E-state index in [1.165, 1.54) is 12.3 Å². The van der Waals surface area contributed by atoms with E-state index in [-0.39, 0.29) is 27.8 Å². The maximum Gasteiger partial charge on any atom is 0.294 e. The van der Waals surface area contributed by atoms with Crippen molar-refractivity contribution >= 4 is 28.5 Å². The molecule has 2 aromatic rings. The molecule has 0 spiro atoms. The van der Waals surface area contributed by atoms with Gasteiger partial charge in [0.05, 0.1) is 4.92 Å². The van der Waals surface area contributed by atoms with Gasteiger partial charge in [0, 0.05) is 17.3 Å². The Morgan fingerprint density at radius 1 is 1.62 bits per heavy atom. The molecule has 0 aliphatic rings. The Morgan fingerprint density at radius 2 is 2.38 bits per heavy atom. The van der Waals surface area contributed by atoms with Gasteiger partial charge >= 0.3 is 0 Å². The van der Waals surface area contributed by atoms with Gasteiger partial charge in [0.1, 0.15) is 17.3 Å². The number of aromatic amines is 1. The summed E-state index contributed by atoms with van der Waals surface area (Å²) in [5, 5.41) is 35.9. The van der Waals surface area contributed by atoms with Crippen molar-refractivity contribution in [3.63, 3.8) is 0 Å². The van der Waals surface area contributed by atoms with Gasteiger partial charge in [0.2, 0.25) is 5.82 Å². The van der Waals surface area contributed by atoms with Crippen molar-refractivity contribution in [3.05, 3.63) is 44.9 Å². The predicted octanol–water partition coefficient (Wildman–Crippen LogP) is 2.05. The largest absolute Gasteiger partial charge is 0.354 e. The van der Waals surface area contributed by atoms with Crippen LogP contribution in [0.4, 0.5) is 11.4 Å². The van der Waals surface area contributed by atoms with Crippen LogP contribution in [0.25, 0.3) is 5.57 Å². The molecular formula is C11H8ClN7O2. The summed E-state index contributed by atoms with van der Waals surface area (Å²) in [6, 6.07) is 4.67. The van der Waals surface area contributed by atoms with E-state index < -0.39 is 4.92 Å². The zero-order chi connectivity index (χ0) is 15.4. The number of benzene rings is 1. The summed E-state index contributed by atoms with van der Waals surface area (Å²) in [7, 11) is 0. The number of tetrazole rings is 1. The molecule has 1 heterocycles. The van der Waals surface area contributed by atoms with Gasteiger partial charge in [-0.05, 0) is 23.8 Å². The maximum absolute atomic E-state index is 11.1. The number of nitro benzene ring substituents is 1. The minimum Gasteiger partial charge on any atom is -0.354 e. The van der Waals surface area contributed by atoms with Crippen molar-refractivity contribution in [1.82, 2.24) is 20.6 Å². The summed E-state index contributed by atoms with van der Waals surface area (Å²) in [6.45, 7) is 1.66. The molecule has 0 fully saturated rings. The summed E-state index contributed by atoms with van der Waals surface area (Å²) in [4.78, 5) is 10.5. The number of halogens is 1. The first-order valence-electron chi connectivity index (χ1n) is 5.58. The van der Waals surface area contributed by atoms with Crippen LogP contribution in [-0.4, -0.2) is 25.5 Å². The molecule has 21 heavy (non-hydrogen) atoms. The van der Waals surface area contributed by atoms with Crippen LogP contribution < -0.4 is 5.32 Å². The van der Waals surface area contributed by atoms with E-state index in [0.717, 1.165) is 0 Å². The lowest BCUT2D eigenvalue weighted by Gasteiger charge is -2.07. The van der Waals surface area contributed by atoms with E-state index in [0.29, 0.717) is 5.56 Å². The number of aromatic nitrogens is 4. The molecule has 0 atom stereocenters. The monoisotopic (exact) mass is 305 g/mol. The fraction of sp³-hybridized carbons (Fsp3) is 0.0909. The molecule has 1 aromatic heterocycles. The number of nitro groups is 1. The van der Waals surface area contributed by atoms with Crippen molar-refractivity contribution in [2.45, 2.75) is 6.92 Å². The molecule has 0 unspecified atom stereocenters. The summed E-state index contributed by atoms with van der Waals surface area (Å²) in [6.07, 6.45) is 1.27. The number of hydrogen-bond acceptors (Lipinski definition) is 7. The van der Waals surface area contributed by atoms with Crippen LogP contribution in [0.3, 0.4) is 0 Å². The first-order valence-corrected chi connectivity index (χ1v) is 5.96. The summed E-state index contributed by atoms with van der Waals surface area (Å²) in [5.41, 5.74) is 0.686. The molecular weight excluding hydrogens is 298 g/mol. The highest BCUT2D eigenvalue weighted by Crippen LogP contribution is 2.32. The molecule has 0 bridgehead atoms. The van der Waals surface area contributed by atoms with Gasteiger partial charge in [-0.15, -0.1) is 10.2 Å². The van der Waals surface area contributed by atoms with Gasteiger partial charge < -0.3 is 5.32 Å². The normalized spacial score (nSPS) is 11.0. The standard InChI is InChI=1S/C11H8ClN7O2/c1-6-2-8(12)3-9(19(20)21)10(6)14-5-7(4-13)11-15-17-18-16-11/h2-3,5,14H,1H3,(H,15,16,17,18). The van der Waals surface area contributed by atoms with Gasteiger partial charge in [-0.2, -0.15) is 10.5 Å². The highest BCUT2D eigenvalue weighted by atomic mass is 35.5. The van der Waals surface area contributed by atoms with Gasteiger partial charge in [0.15, 0.2) is 0 Å². The lowest BCUT2D eigenvalue weighted by atomic mass is 10.1. The van der Waals surface area contributed by atoms with Crippen LogP contribution in [0.5, 0.6) is 0 Å². The van der Waals surface area contributed by atoms with E-state index in [4.69, 9.17) is 16.9 Å². The highest BCUT2D eigenvalue weighted by Gasteiger charge is 2.17. The molecule has 2 N–H and O–H groups in total. The zero-order valence-electron chi connectivity index (χ0n) is 10.7. The van der Waals surface area contributed by atoms with Crippen LogP contribution in [0.15, 0.2) is 18.3 Å².